The Labute approximate surface area is 130 Å². The van der Waals surface area contributed by atoms with Gasteiger partial charge in [0.15, 0.2) is 6.04 Å². The highest BCUT2D eigenvalue weighted by molar-refractivity contribution is 5.95. The van der Waals surface area contributed by atoms with E-state index in [-0.39, 0.29) is 30.3 Å². The summed E-state index contributed by atoms with van der Waals surface area (Å²) in [6, 6.07) is 8.11. The fraction of sp³-hybridized carbons (Fsp3) is 0.529. The van der Waals surface area contributed by atoms with Crippen molar-refractivity contribution in [2.24, 2.45) is 0 Å². The van der Waals surface area contributed by atoms with Gasteiger partial charge < -0.3 is 16.0 Å². The lowest BCUT2D eigenvalue weighted by molar-refractivity contribution is -0.718. The first-order valence-electron chi connectivity index (χ1n) is 8.14. The quantitative estimate of drug-likeness (QED) is 0.769. The number of hydrogen-bond acceptors (Lipinski definition) is 2. The van der Waals surface area contributed by atoms with Crippen LogP contribution in [0.5, 0.6) is 0 Å². The highest BCUT2D eigenvalue weighted by Gasteiger charge is 2.40. The van der Waals surface area contributed by atoms with E-state index in [0.717, 1.165) is 24.1 Å². The predicted molar refractivity (Wildman–Crippen MR) is 84.3 cm³/mol. The maximum atomic E-state index is 12.2. The molecule has 1 aromatic rings. The number of hydrogen-bond donors (Lipinski definition) is 3. The number of benzene rings is 1. The summed E-state index contributed by atoms with van der Waals surface area (Å²) in [5, 5.41) is 8.07. The Hall–Kier alpha value is -1.88. The van der Waals surface area contributed by atoms with Crippen molar-refractivity contribution in [3.05, 3.63) is 29.8 Å². The number of amides is 2. The van der Waals surface area contributed by atoms with Crippen LogP contribution in [0.3, 0.4) is 0 Å². The predicted octanol–water partition coefficient (Wildman–Crippen LogP) is 0.697. The fourth-order valence-electron chi connectivity index (χ4n) is 3.45. The molecule has 118 valence electrons. The lowest BCUT2D eigenvalue weighted by atomic mass is 9.87. The van der Waals surface area contributed by atoms with Crippen LogP contribution in [0.2, 0.25) is 0 Å². The number of nitrogens with one attached hydrogen (secondary N) is 2. The molecule has 1 aromatic carbocycles. The smallest absolute Gasteiger partial charge is 0.279 e. The van der Waals surface area contributed by atoms with E-state index < -0.39 is 0 Å². The summed E-state index contributed by atoms with van der Waals surface area (Å²) in [6.45, 7) is 2.01. The summed E-state index contributed by atoms with van der Waals surface area (Å²) < 4.78 is 0. The number of nitrogens with two attached hydrogens (primary N) is 1. The Morgan fingerprint density at radius 1 is 1.27 bits per heavy atom. The molecule has 2 aliphatic rings. The average molecular weight is 302 g/mol. The molecule has 1 saturated heterocycles. The van der Waals surface area contributed by atoms with Crippen molar-refractivity contribution >= 4 is 17.5 Å². The molecule has 22 heavy (non-hydrogen) atoms. The number of anilines is 1. The Bertz CT molecular complexity index is 556. The Balaban J connectivity index is 1.56. The molecule has 2 fully saturated rings. The van der Waals surface area contributed by atoms with Crippen molar-refractivity contribution in [2.45, 2.75) is 57.2 Å². The highest BCUT2D eigenvalue weighted by Crippen LogP contribution is 2.18. The minimum absolute atomic E-state index is 0.00204. The second-order valence-corrected chi connectivity index (χ2v) is 6.48. The van der Waals surface area contributed by atoms with Crippen LogP contribution in [0.4, 0.5) is 5.69 Å². The van der Waals surface area contributed by atoms with Crippen molar-refractivity contribution in [1.82, 2.24) is 5.32 Å². The van der Waals surface area contributed by atoms with Crippen LogP contribution in [-0.2, 0) is 9.59 Å². The van der Waals surface area contributed by atoms with Crippen LogP contribution in [0.25, 0.3) is 0 Å². The van der Waals surface area contributed by atoms with Crippen molar-refractivity contribution in [1.29, 1.82) is 0 Å². The van der Waals surface area contributed by atoms with E-state index in [1.807, 2.05) is 31.2 Å². The van der Waals surface area contributed by atoms with E-state index in [2.05, 4.69) is 16.0 Å². The molecular formula is C17H24N3O2+. The van der Waals surface area contributed by atoms with Crippen LogP contribution in [-0.4, -0.2) is 29.9 Å². The van der Waals surface area contributed by atoms with Crippen LogP contribution in [0.15, 0.2) is 24.3 Å². The van der Waals surface area contributed by atoms with Crippen LogP contribution >= 0.6 is 0 Å². The molecule has 3 rings (SSSR count). The molecule has 0 radical (unpaired) electrons. The molecule has 1 saturated carbocycles. The fourth-order valence-corrected chi connectivity index (χ4v) is 3.45. The summed E-state index contributed by atoms with van der Waals surface area (Å²) in [6.07, 6.45) is 4.82. The number of rotatable bonds is 3. The highest BCUT2D eigenvalue weighted by atomic mass is 16.2. The van der Waals surface area contributed by atoms with Gasteiger partial charge in [-0.25, -0.2) is 0 Å². The Kier molecular flexibility index (Phi) is 4.43. The van der Waals surface area contributed by atoms with E-state index in [9.17, 15) is 9.59 Å². The molecule has 0 unspecified atom stereocenters. The molecule has 5 nitrogen and oxygen atoms in total. The molecule has 2 amide bonds. The number of piperazine rings is 1. The molecular weight excluding hydrogens is 278 g/mol. The summed E-state index contributed by atoms with van der Waals surface area (Å²) in [5.74, 6) is -0.100. The van der Waals surface area contributed by atoms with Gasteiger partial charge in [-0.2, -0.15) is 0 Å². The largest absolute Gasteiger partial charge is 0.342 e. The molecule has 0 spiro atoms. The zero-order valence-electron chi connectivity index (χ0n) is 13.0. The Morgan fingerprint density at radius 3 is 2.77 bits per heavy atom. The zero-order valence-corrected chi connectivity index (χ0v) is 13.0. The topological polar surface area (TPSA) is 74.8 Å². The molecule has 3 atom stereocenters. The maximum Gasteiger partial charge on any atom is 0.279 e. The number of fused-ring (bicyclic) bond motifs is 1. The van der Waals surface area contributed by atoms with Gasteiger partial charge in [0.2, 0.25) is 5.91 Å². The average Bonchev–Trinajstić information content (AvgIpc) is 2.50. The standard InChI is InChI=1S/C17H23N3O2/c1-11-6-8-12(9-7-11)18-16(21)10-15-17(22)20-14-5-3-2-4-13(14)19-15/h6-9,13-15,19H,2-5,10H2,1H3,(H,18,21)(H,20,22)/p+1/t13-,14+,15-/m1/s1. The molecule has 4 N–H and O–H groups in total. The first-order chi connectivity index (χ1) is 10.6. The van der Waals surface area contributed by atoms with Crippen LogP contribution in [0.1, 0.15) is 37.7 Å². The minimum Gasteiger partial charge on any atom is -0.342 e. The van der Waals surface area contributed by atoms with Crippen molar-refractivity contribution < 1.29 is 14.9 Å². The van der Waals surface area contributed by atoms with Crippen molar-refractivity contribution in [3.8, 4) is 0 Å². The molecule has 0 bridgehead atoms. The van der Waals surface area contributed by atoms with Gasteiger partial charge in [0.1, 0.15) is 6.04 Å². The van der Waals surface area contributed by atoms with Gasteiger partial charge in [0.05, 0.1) is 12.5 Å². The van der Waals surface area contributed by atoms with Gasteiger partial charge in [0, 0.05) is 12.1 Å². The summed E-state index contributed by atoms with van der Waals surface area (Å²) in [5.41, 5.74) is 1.93. The number of carbonyl (C=O) groups is 2. The summed E-state index contributed by atoms with van der Waals surface area (Å²) in [7, 11) is 0. The normalized spacial score (nSPS) is 27.7. The van der Waals surface area contributed by atoms with E-state index in [4.69, 9.17) is 0 Å². The van der Waals surface area contributed by atoms with Crippen molar-refractivity contribution in [2.75, 3.05) is 5.32 Å². The number of carbonyl (C=O) groups excluding carboxylic acids is 2. The third-order valence-corrected chi connectivity index (χ3v) is 4.70. The Morgan fingerprint density at radius 2 is 2.00 bits per heavy atom. The van der Waals surface area contributed by atoms with Gasteiger partial charge in [-0.05, 0) is 31.9 Å². The van der Waals surface area contributed by atoms with Gasteiger partial charge in [-0.1, -0.05) is 24.1 Å². The molecule has 0 aromatic heterocycles. The number of aryl methyl sites for hydroxylation is 1. The maximum absolute atomic E-state index is 12.2. The van der Waals surface area contributed by atoms with E-state index >= 15 is 0 Å². The van der Waals surface area contributed by atoms with Crippen LogP contribution in [0, 0.1) is 6.92 Å². The lowest BCUT2D eigenvalue weighted by Crippen LogP contribution is -3.03. The van der Waals surface area contributed by atoms with E-state index in [1.165, 1.54) is 12.8 Å². The van der Waals surface area contributed by atoms with Crippen LogP contribution < -0.4 is 16.0 Å². The second kappa shape index (κ2) is 6.48. The molecule has 1 aliphatic heterocycles. The second-order valence-electron chi connectivity index (χ2n) is 6.48. The molecule has 5 heteroatoms. The lowest BCUT2D eigenvalue weighted by Gasteiger charge is -2.37. The third kappa shape index (κ3) is 3.47. The van der Waals surface area contributed by atoms with E-state index in [1.54, 1.807) is 0 Å². The monoisotopic (exact) mass is 302 g/mol. The van der Waals surface area contributed by atoms with Gasteiger partial charge in [0.25, 0.3) is 5.91 Å². The first kappa shape index (κ1) is 15.0. The van der Waals surface area contributed by atoms with Gasteiger partial charge in [-0.15, -0.1) is 0 Å². The summed E-state index contributed by atoms with van der Waals surface area (Å²) >= 11 is 0. The van der Waals surface area contributed by atoms with Gasteiger partial charge in [-0.3, -0.25) is 9.59 Å². The summed E-state index contributed by atoms with van der Waals surface area (Å²) in [4.78, 5) is 24.3. The molecule has 1 heterocycles. The van der Waals surface area contributed by atoms with E-state index in [0.29, 0.717) is 6.04 Å². The van der Waals surface area contributed by atoms with Gasteiger partial charge >= 0.3 is 0 Å². The first-order valence-corrected chi connectivity index (χ1v) is 8.14. The van der Waals surface area contributed by atoms with Crippen molar-refractivity contribution in [3.63, 3.8) is 0 Å². The number of quaternary nitrogens is 1. The minimum atomic E-state index is -0.301. The molecule has 1 aliphatic carbocycles. The SMILES string of the molecule is Cc1ccc(NC(=O)C[C@H]2[NH2+][C@@H]3CCCC[C@@H]3NC2=O)cc1. The zero-order chi connectivity index (χ0) is 15.5. The third-order valence-electron chi connectivity index (χ3n) is 4.70.